The summed E-state index contributed by atoms with van der Waals surface area (Å²) in [5.74, 6) is -2.99. The minimum Gasteiger partial charge on any atom is -0.490 e. The summed E-state index contributed by atoms with van der Waals surface area (Å²) in [6, 6.07) is 5.56. The van der Waals surface area contributed by atoms with Crippen molar-refractivity contribution in [2.24, 2.45) is 17.8 Å². The highest BCUT2D eigenvalue weighted by Gasteiger charge is 2.52. The summed E-state index contributed by atoms with van der Waals surface area (Å²) in [6.07, 6.45) is 14.1. The van der Waals surface area contributed by atoms with Gasteiger partial charge in [-0.3, -0.25) is 4.57 Å². The highest BCUT2D eigenvalue weighted by Crippen LogP contribution is 2.61. The van der Waals surface area contributed by atoms with Crippen molar-refractivity contribution in [1.29, 1.82) is 0 Å². The van der Waals surface area contributed by atoms with E-state index in [0.29, 0.717) is 36.2 Å². The molecule has 0 spiro atoms. The first-order valence-electron chi connectivity index (χ1n) is 15.7. The van der Waals surface area contributed by atoms with E-state index in [-0.39, 0.29) is 35.1 Å². The fraction of sp³-hybridized carbons (Fsp3) is 0.636. The van der Waals surface area contributed by atoms with Crippen molar-refractivity contribution in [3.63, 3.8) is 0 Å². The van der Waals surface area contributed by atoms with Crippen LogP contribution in [0.4, 0.5) is 17.6 Å². The van der Waals surface area contributed by atoms with Crippen molar-refractivity contribution >= 4 is 7.60 Å². The number of hydrogen-bond acceptors (Lipinski definition) is 2. The van der Waals surface area contributed by atoms with Crippen LogP contribution in [0.25, 0.3) is 11.1 Å². The molecular weight excluding hydrogens is 567 g/mol. The van der Waals surface area contributed by atoms with Crippen LogP contribution < -0.4 is 4.74 Å². The van der Waals surface area contributed by atoms with Crippen LogP contribution in [-0.4, -0.2) is 22.6 Å². The van der Waals surface area contributed by atoms with Gasteiger partial charge in [-0.25, -0.2) is 13.2 Å². The standard InChI is InChI=1S/C33H43F4O4P/c34-29-25(10-12-27(31(29)36)33-19-22-16-23(20-33)18-24(17-22)21-33)26-11-13-28(32(37)30(26)35)41-14-8-6-4-2-1-3-5-7-9-15-42(38,39)40/h10-13,22-24H,1-9,14-21H2,(H2,38,39,40). The molecule has 232 valence electrons. The SMILES string of the molecule is O=P(O)(O)CCCCCCCCCCCOc1ccc(-c2ccc(C34CC5CC(CC(C5)C3)C4)c(F)c2F)c(F)c1F. The van der Waals surface area contributed by atoms with Crippen LogP contribution in [0.3, 0.4) is 0 Å². The molecule has 0 aliphatic heterocycles. The number of ether oxygens (including phenoxy) is 1. The van der Waals surface area contributed by atoms with Gasteiger partial charge < -0.3 is 14.5 Å². The lowest BCUT2D eigenvalue weighted by molar-refractivity contribution is -0.00701. The van der Waals surface area contributed by atoms with E-state index in [9.17, 15) is 8.96 Å². The number of hydrogen-bond donors (Lipinski definition) is 2. The molecule has 0 amide bonds. The first-order valence-corrected chi connectivity index (χ1v) is 17.5. The van der Waals surface area contributed by atoms with E-state index in [2.05, 4.69) is 0 Å². The Morgan fingerprint density at radius 2 is 1.14 bits per heavy atom. The Labute approximate surface area is 246 Å². The maximum Gasteiger partial charge on any atom is 0.325 e. The van der Waals surface area contributed by atoms with Gasteiger partial charge in [-0.1, -0.05) is 57.1 Å². The van der Waals surface area contributed by atoms with Gasteiger partial charge in [0.15, 0.2) is 23.2 Å². The smallest absolute Gasteiger partial charge is 0.325 e. The first kappa shape index (κ1) is 31.5. The summed E-state index contributed by atoms with van der Waals surface area (Å²) < 4.78 is 77.2. The number of rotatable bonds is 15. The van der Waals surface area contributed by atoms with E-state index >= 15 is 13.2 Å². The van der Waals surface area contributed by atoms with Crippen LogP contribution >= 0.6 is 7.60 Å². The van der Waals surface area contributed by atoms with Crippen LogP contribution in [0, 0.1) is 41.0 Å². The second kappa shape index (κ2) is 13.4. The minimum atomic E-state index is -3.89. The Hall–Kier alpha value is -1.89. The molecule has 4 bridgehead atoms. The molecule has 42 heavy (non-hydrogen) atoms. The predicted molar refractivity (Wildman–Crippen MR) is 156 cm³/mol. The fourth-order valence-electron chi connectivity index (χ4n) is 8.30. The van der Waals surface area contributed by atoms with Crippen molar-refractivity contribution in [2.75, 3.05) is 12.8 Å². The molecule has 0 atom stereocenters. The predicted octanol–water partition coefficient (Wildman–Crippen LogP) is 9.45. The summed E-state index contributed by atoms with van der Waals surface area (Å²) in [5, 5.41) is 0. The van der Waals surface area contributed by atoms with E-state index in [1.54, 1.807) is 6.07 Å². The third-order valence-electron chi connectivity index (χ3n) is 9.88. The van der Waals surface area contributed by atoms with Gasteiger partial charge in [0.25, 0.3) is 0 Å². The van der Waals surface area contributed by atoms with Crippen molar-refractivity contribution in [3.05, 3.63) is 53.1 Å². The van der Waals surface area contributed by atoms with Gasteiger partial charge in [-0.2, -0.15) is 4.39 Å². The van der Waals surface area contributed by atoms with Gasteiger partial charge in [0.2, 0.25) is 5.82 Å². The van der Waals surface area contributed by atoms with Gasteiger partial charge in [0.05, 0.1) is 6.61 Å². The van der Waals surface area contributed by atoms with E-state index in [4.69, 9.17) is 14.5 Å². The molecule has 4 fully saturated rings. The summed E-state index contributed by atoms with van der Waals surface area (Å²) >= 11 is 0. The zero-order valence-corrected chi connectivity index (χ0v) is 25.1. The molecule has 9 heteroatoms. The lowest BCUT2D eigenvalue weighted by Crippen LogP contribution is -2.49. The maximum atomic E-state index is 15.6. The Bertz CT molecular complexity index is 1260. The van der Waals surface area contributed by atoms with Crippen LogP contribution in [0.15, 0.2) is 24.3 Å². The van der Waals surface area contributed by atoms with Gasteiger partial charge in [0, 0.05) is 17.3 Å². The quantitative estimate of drug-likeness (QED) is 0.120. The van der Waals surface area contributed by atoms with Crippen molar-refractivity contribution in [3.8, 4) is 16.9 Å². The summed E-state index contributed by atoms with van der Waals surface area (Å²) in [7, 11) is -3.89. The molecule has 4 nitrogen and oxygen atoms in total. The van der Waals surface area contributed by atoms with Crippen LogP contribution in [0.1, 0.15) is 102 Å². The largest absolute Gasteiger partial charge is 0.490 e. The molecule has 0 aromatic heterocycles. The van der Waals surface area contributed by atoms with Crippen LogP contribution in [-0.2, 0) is 9.98 Å². The van der Waals surface area contributed by atoms with E-state index in [1.165, 1.54) is 37.5 Å². The van der Waals surface area contributed by atoms with Crippen LogP contribution in [0.5, 0.6) is 5.75 Å². The molecule has 4 saturated carbocycles. The molecule has 0 unspecified atom stereocenters. The normalized spacial score (nSPS) is 24.9. The average Bonchev–Trinajstić information content (AvgIpc) is 2.92. The third kappa shape index (κ3) is 7.25. The van der Waals surface area contributed by atoms with Gasteiger partial charge in [-0.15, -0.1) is 0 Å². The molecule has 6 rings (SSSR count). The fourth-order valence-corrected chi connectivity index (χ4v) is 8.93. The van der Waals surface area contributed by atoms with E-state index in [0.717, 1.165) is 64.2 Å². The van der Waals surface area contributed by atoms with Gasteiger partial charge in [0.1, 0.15) is 0 Å². The topological polar surface area (TPSA) is 66.8 Å². The van der Waals surface area contributed by atoms with Crippen molar-refractivity contribution in [1.82, 2.24) is 0 Å². The second-order valence-electron chi connectivity index (χ2n) is 13.1. The molecule has 0 saturated heterocycles. The Kier molecular flexibility index (Phi) is 10.1. The van der Waals surface area contributed by atoms with Gasteiger partial charge in [-0.05, 0) is 92.2 Å². The molecule has 0 heterocycles. The molecule has 2 aromatic rings. The van der Waals surface area contributed by atoms with E-state index < -0.39 is 30.9 Å². The zero-order chi connectivity index (χ0) is 29.9. The van der Waals surface area contributed by atoms with Crippen LogP contribution in [0.2, 0.25) is 0 Å². The molecule has 2 aromatic carbocycles. The lowest BCUT2D eigenvalue weighted by atomic mass is 9.48. The Balaban J connectivity index is 1.10. The molecule has 0 radical (unpaired) electrons. The minimum absolute atomic E-state index is 0.0513. The zero-order valence-electron chi connectivity index (χ0n) is 24.2. The number of benzene rings is 2. The summed E-state index contributed by atoms with van der Waals surface area (Å²) in [5.41, 5.74) is -0.516. The van der Waals surface area contributed by atoms with Crippen molar-refractivity contribution < 1.29 is 36.7 Å². The average molecular weight is 611 g/mol. The molecule has 4 aliphatic rings. The van der Waals surface area contributed by atoms with Crippen molar-refractivity contribution in [2.45, 2.75) is 102 Å². The molecule has 2 N–H and O–H groups in total. The Morgan fingerprint density at radius 1 is 0.667 bits per heavy atom. The molecule has 4 aliphatic carbocycles. The summed E-state index contributed by atoms with van der Waals surface area (Å²) in [4.78, 5) is 17.7. The first-order chi connectivity index (χ1) is 20.1. The third-order valence-corrected chi connectivity index (χ3v) is 10.8. The highest BCUT2D eigenvalue weighted by atomic mass is 31.2. The number of halogens is 4. The highest BCUT2D eigenvalue weighted by molar-refractivity contribution is 7.51. The van der Waals surface area contributed by atoms with E-state index in [1.807, 2.05) is 0 Å². The lowest BCUT2D eigenvalue weighted by Gasteiger charge is -2.57. The molecular formula is C33H43F4O4P. The number of unbranched alkanes of at least 4 members (excludes halogenated alkanes) is 8. The van der Waals surface area contributed by atoms with Gasteiger partial charge >= 0.3 is 7.60 Å². The monoisotopic (exact) mass is 610 g/mol. The second-order valence-corrected chi connectivity index (χ2v) is 14.9. The Morgan fingerprint density at radius 3 is 1.69 bits per heavy atom. The summed E-state index contributed by atoms with van der Waals surface area (Å²) in [6.45, 7) is 0.223. The maximum absolute atomic E-state index is 15.6.